The smallest absolute Gasteiger partial charge is 0.0992 e. The number of nitriles is 1. The van der Waals surface area contributed by atoms with Crippen LogP contribution < -0.4 is 0 Å². The second-order valence-electron chi connectivity index (χ2n) is 2.09. The molecule has 11 heavy (non-hydrogen) atoms. The lowest BCUT2D eigenvalue weighted by molar-refractivity contribution is 1.38. The van der Waals surface area contributed by atoms with E-state index in [1.165, 1.54) is 0 Å². The summed E-state index contributed by atoms with van der Waals surface area (Å²) in [4.78, 5) is 0. The van der Waals surface area contributed by atoms with Gasteiger partial charge in [-0.05, 0) is 46.4 Å². The number of hydrogen-bond acceptors (Lipinski definition) is 1. The molecule has 1 aromatic carbocycles. The molecule has 56 valence electrons. The molecule has 3 heteroatoms. The Bertz CT molecular complexity index is 303. The molecule has 1 aromatic rings. The van der Waals surface area contributed by atoms with Crippen LogP contribution in [0.25, 0.3) is 0 Å². The fourth-order valence-corrected chi connectivity index (χ4v) is 1.85. The van der Waals surface area contributed by atoms with Crippen LogP contribution in [0.2, 0.25) is 0 Å². The summed E-state index contributed by atoms with van der Waals surface area (Å²) in [6, 6.07) is 7.92. The highest BCUT2D eigenvalue weighted by atomic mass is 127. The third kappa shape index (κ3) is 2.46. The monoisotopic (exact) mass is 321 g/mol. The molecule has 0 aliphatic carbocycles. The minimum Gasteiger partial charge on any atom is -0.192 e. The lowest BCUT2D eigenvalue weighted by Gasteiger charge is -1.96. The standard InChI is InChI=1S/C8H5BrIN/c9-4-6-1-7(5-11)3-8(10)2-6/h1-3H,4H2. The molecule has 1 rings (SSSR count). The third-order valence-electron chi connectivity index (χ3n) is 1.24. The Balaban J connectivity index is 3.15. The van der Waals surface area contributed by atoms with Gasteiger partial charge in [0.1, 0.15) is 0 Å². The third-order valence-corrected chi connectivity index (χ3v) is 2.51. The maximum Gasteiger partial charge on any atom is 0.0992 e. The lowest BCUT2D eigenvalue weighted by atomic mass is 10.2. The van der Waals surface area contributed by atoms with Gasteiger partial charge < -0.3 is 0 Å². The van der Waals surface area contributed by atoms with Crippen LogP contribution in [0.5, 0.6) is 0 Å². The van der Waals surface area contributed by atoms with Crippen molar-refractivity contribution in [1.29, 1.82) is 5.26 Å². The van der Waals surface area contributed by atoms with Crippen molar-refractivity contribution in [1.82, 2.24) is 0 Å². The Morgan fingerprint density at radius 3 is 2.73 bits per heavy atom. The van der Waals surface area contributed by atoms with Crippen molar-refractivity contribution in [3.05, 3.63) is 32.9 Å². The molecule has 0 heterocycles. The zero-order chi connectivity index (χ0) is 8.27. The first-order valence-electron chi connectivity index (χ1n) is 3.02. The Kier molecular flexibility index (Phi) is 3.34. The van der Waals surface area contributed by atoms with E-state index in [9.17, 15) is 0 Å². The van der Waals surface area contributed by atoms with E-state index in [0.717, 1.165) is 20.0 Å². The van der Waals surface area contributed by atoms with Crippen molar-refractivity contribution in [3.8, 4) is 6.07 Å². The minimum absolute atomic E-state index is 0.728. The molecule has 0 atom stereocenters. The Morgan fingerprint density at radius 2 is 2.18 bits per heavy atom. The highest BCUT2D eigenvalue weighted by Crippen LogP contribution is 2.13. The van der Waals surface area contributed by atoms with E-state index in [4.69, 9.17) is 5.26 Å². The largest absolute Gasteiger partial charge is 0.192 e. The summed E-state index contributed by atoms with van der Waals surface area (Å²) >= 11 is 5.55. The molecular formula is C8H5BrIN. The van der Waals surface area contributed by atoms with E-state index in [1.54, 1.807) is 0 Å². The number of rotatable bonds is 1. The number of hydrogen-bond donors (Lipinski definition) is 0. The van der Waals surface area contributed by atoms with Crippen LogP contribution in [0.15, 0.2) is 18.2 Å². The summed E-state index contributed by atoms with van der Waals surface area (Å²) in [6.45, 7) is 0. The van der Waals surface area contributed by atoms with Crippen LogP contribution in [-0.2, 0) is 5.33 Å². The van der Waals surface area contributed by atoms with Crippen LogP contribution in [0, 0.1) is 14.9 Å². The van der Waals surface area contributed by atoms with Crippen LogP contribution in [-0.4, -0.2) is 0 Å². The van der Waals surface area contributed by atoms with Gasteiger partial charge in [-0.1, -0.05) is 15.9 Å². The molecule has 0 bridgehead atoms. The molecule has 1 nitrogen and oxygen atoms in total. The van der Waals surface area contributed by atoms with Gasteiger partial charge in [0.25, 0.3) is 0 Å². The zero-order valence-corrected chi connectivity index (χ0v) is 9.39. The van der Waals surface area contributed by atoms with E-state index in [0.29, 0.717) is 0 Å². The van der Waals surface area contributed by atoms with Gasteiger partial charge in [-0.2, -0.15) is 5.26 Å². The van der Waals surface area contributed by atoms with Crippen molar-refractivity contribution in [2.75, 3.05) is 0 Å². The predicted octanol–water partition coefficient (Wildman–Crippen LogP) is 3.06. The van der Waals surface area contributed by atoms with Crippen LogP contribution in [0.4, 0.5) is 0 Å². The Morgan fingerprint density at radius 1 is 1.45 bits per heavy atom. The number of alkyl halides is 1. The topological polar surface area (TPSA) is 23.8 Å². The van der Waals surface area contributed by atoms with Gasteiger partial charge in [0.05, 0.1) is 11.6 Å². The van der Waals surface area contributed by atoms with Gasteiger partial charge in [0, 0.05) is 8.90 Å². The normalized spacial score (nSPS) is 9.18. The average molecular weight is 322 g/mol. The maximum absolute atomic E-state index is 8.61. The average Bonchev–Trinajstić information content (AvgIpc) is 2.03. The van der Waals surface area contributed by atoms with Gasteiger partial charge in [-0.25, -0.2) is 0 Å². The van der Waals surface area contributed by atoms with Crippen molar-refractivity contribution in [2.45, 2.75) is 5.33 Å². The van der Waals surface area contributed by atoms with Gasteiger partial charge in [-0.15, -0.1) is 0 Å². The maximum atomic E-state index is 8.61. The SMILES string of the molecule is N#Cc1cc(I)cc(CBr)c1. The summed E-state index contributed by atoms with van der Waals surface area (Å²) in [6.07, 6.45) is 0. The Labute approximate surface area is 87.7 Å². The summed E-state index contributed by atoms with van der Waals surface area (Å²) < 4.78 is 1.11. The van der Waals surface area contributed by atoms with Crippen molar-refractivity contribution < 1.29 is 0 Å². The summed E-state index contributed by atoms with van der Waals surface area (Å²) in [5, 5.41) is 9.42. The highest BCUT2D eigenvalue weighted by Gasteiger charge is 1.96. The van der Waals surface area contributed by atoms with E-state index in [1.807, 2.05) is 12.1 Å². The van der Waals surface area contributed by atoms with Crippen molar-refractivity contribution in [2.24, 2.45) is 0 Å². The minimum atomic E-state index is 0.728. The molecular weight excluding hydrogens is 317 g/mol. The second kappa shape index (κ2) is 4.07. The molecule has 0 unspecified atom stereocenters. The Hall–Kier alpha value is -0.0800. The van der Waals surface area contributed by atoms with Gasteiger partial charge in [-0.3, -0.25) is 0 Å². The molecule has 0 spiro atoms. The van der Waals surface area contributed by atoms with Crippen molar-refractivity contribution in [3.63, 3.8) is 0 Å². The van der Waals surface area contributed by atoms with Gasteiger partial charge in [0.15, 0.2) is 0 Å². The quantitative estimate of drug-likeness (QED) is 0.576. The summed E-state index contributed by atoms with van der Waals surface area (Å²) in [5.41, 5.74) is 1.87. The van der Waals surface area contributed by atoms with Gasteiger partial charge in [0.2, 0.25) is 0 Å². The van der Waals surface area contributed by atoms with Crippen LogP contribution >= 0.6 is 38.5 Å². The summed E-state index contributed by atoms with van der Waals surface area (Å²) in [7, 11) is 0. The molecule has 0 aliphatic heterocycles. The molecule has 0 saturated carbocycles. The molecule has 0 N–H and O–H groups in total. The van der Waals surface area contributed by atoms with Gasteiger partial charge >= 0.3 is 0 Å². The predicted molar refractivity (Wildman–Crippen MR) is 56.5 cm³/mol. The van der Waals surface area contributed by atoms with E-state index in [-0.39, 0.29) is 0 Å². The second-order valence-corrected chi connectivity index (χ2v) is 3.90. The number of benzene rings is 1. The molecule has 0 saturated heterocycles. The van der Waals surface area contributed by atoms with E-state index < -0.39 is 0 Å². The highest BCUT2D eigenvalue weighted by molar-refractivity contribution is 14.1. The summed E-state index contributed by atoms with van der Waals surface area (Å²) in [5.74, 6) is 0. The molecule has 0 aliphatic rings. The first-order valence-corrected chi connectivity index (χ1v) is 5.22. The lowest BCUT2D eigenvalue weighted by Crippen LogP contribution is -1.82. The first-order chi connectivity index (χ1) is 5.26. The van der Waals surface area contributed by atoms with E-state index >= 15 is 0 Å². The fraction of sp³-hybridized carbons (Fsp3) is 0.125. The van der Waals surface area contributed by atoms with Crippen molar-refractivity contribution >= 4 is 38.5 Å². The van der Waals surface area contributed by atoms with Crippen LogP contribution in [0.1, 0.15) is 11.1 Å². The first kappa shape index (κ1) is 9.01. The van der Waals surface area contributed by atoms with E-state index in [2.05, 4.69) is 50.7 Å². The zero-order valence-electron chi connectivity index (χ0n) is 5.64. The number of nitrogens with zero attached hydrogens (tertiary/aromatic N) is 1. The molecule has 0 amide bonds. The molecule has 0 radical (unpaired) electrons. The molecule has 0 fully saturated rings. The fourth-order valence-electron chi connectivity index (χ4n) is 0.792. The number of halogens is 2. The van der Waals surface area contributed by atoms with Crippen LogP contribution in [0.3, 0.4) is 0 Å². The molecule has 0 aromatic heterocycles.